The van der Waals surface area contributed by atoms with Gasteiger partial charge >= 0.3 is 0 Å². The molecule has 0 fully saturated rings. The lowest BCUT2D eigenvalue weighted by atomic mass is 9.85. The lowest BCUT2D eigenvalue weighted by Gasteiger charge is -2.25. The summed E-state index contributed by atoms with van der Waals surface area (Å²) in [6.45, 7) is 1.90. The van der Waals surface area contributed by atoms with Crippen molar-refractivity contribution >= 4 is 11.3 Å². The van der Waals surface area contributed by atoms with E-state index in [2.05, 4.69) is 23.2 Å². The molecule has 1 unspecified atom stereocenters. The lowest BCUT2D eigenvalue weighted by Crippen LogP contribution is -2.24. The Labute approximate surface area is 118 Å². The first-order valence-corrected chi connectivity index (χ1v) is 7.75. The molecule has 0 radical (unpaired) electrons. The third-order valence-corrected chi connectivity index (χ3v) is 4.75. The van der Waals surface area contributed by atoms with Gasteiger partial charge in [-0.05, 0) is 49.3 Å². The van der Waals surface area contributed by atoms with Crippen molar-refractivity contribution in [1.82, 2.24) is 4.98 Å². The average molecular weight is 273 g/mol. The van der Waals surface area contributed by atoms with Gasteiger partial charge in [-0.3, -0.25) is 4.98 Å². The van der Waals surface area contributed by atoms with Crippen LogP contribution in [0.3, 0.4) is 0 Å². The number of aromatic nitrogens is 1. The van der Waals surface area contributed by atoms with E-state index in [1.165, 1.54) is 30.4 Å². The van der Waals surface area contributed by atoms with Crippen LogP contribution in [0.2, 0.25) is 0 Å². The highest BCUT2D eigenvalue weighted by Crippen LogP contribution is 2.30. The summed E-state index contributed by atoms with van der Waals surface area (Å²) in [5.41, 5.74) is 4.93. The van der Waals surface area contributed by atoms with E-state index in [0.717, 1.165) is 16.9 Å². The van der Waals surface area contributed by atoms with Gasteiger partial charge in [0.15, 0.2) is 0 Å². The van der Waals surface area contributed by atoms with Crippen LogP contribution >= 0.6 is 11.3 Å². The van der Waals surface area contributed by atoms with E-state index < -0.39 is 5.60 Å². The fourth-order valence-electron chi connectivity index (χ4n) is 2.84. The van der Waals surface area contributed by atoms with Crippen LogP contribution in [0.4, 0.5) is 0 Å². The number of aliphatic hydroxyl groups is 1. The van der Waals surface area contributed by atoms with Crippen molar-refractivity contribution in [3.8, 4) is 0 Å². The molecule has 0 saturated heterocycles. The number of nitrogens with zero attached hydrogens (tertiary/aromatic N) is 1. The minimum Gasteiger partial charge on any atom is -0.385 e. The summed E-state index contributed by atoms with van der Waals surface area (Å²) in [4.78, 5) is 5.21. The van der Waals surface area contributed by atoms with Gasteiger partial charge in [-0.25, -0.2) is 0 Å². The Bertz CT molecular complexity index is 560. The summed E-state index contributed by atoms with van der Waals surface area (Å²) in [6, 6.07) is 6.49. The number of hydrogen-bond acceptors (Lipinski definition) is 3. The van der Waals surface area contributed by atoms with Crippen molar-refractivity contribution in [3.63, 3.8) is 0 Å². The average Bonchev–Trinajstić information content (AvgIpc) is 2.90. The molecule has 1 aromatic heterocycles. The quantitative estimate of drug-likeness (QED) is 0.929. The van der Waals surface area contributed by atoms with Crippen LogP contribution in [0.1, 0.15) is 41.3 Å². The first-order valence-electron chi connectivity index (χ1n) is 6.87. The molecule has 2 nitrogen and oxygen atoms in total. The van der Waals surface area contributed by atoms with Gasteiger partial charge in [0.05, 0.1) is 11.1 Å². The van der Waals surface area contributed by atoms with Crippen LogP contribution < -0.4 is 0 Å². The molecule has 1 aliphatic rings. The van der Waals surface area contributed by atoms with Crippen molar-refractivity contribution in [1.29, 1.82) is 0 Å². The van der Waals surface area contributed by atoms with Crippen molar-refractivity contribution in [3.05, 3.63) is 51.5 Å². The second-order valence-corrected chi connectivity index (χ2v) is 6.58. The molecule has 100 valence electrons. The van der Waals surface area contributed by atoms with Crippen LogP contribution in [0.15, 0.2) is 29.9 Å². The Morgan fingerprint density at radius 2 is 2.05 bits per heavy atom. The largest absolute Gasteiger partial charge is 0.385 e. The summed E-state index contributed by atoms with van der Waals surface area (Å²) >= 11 is 1.60. The second-order valence-electron chi connectivity index (χ2n) is 5.61. The number of aryl methyl sites for hydroxylation is 2. The van der Waals surface area contributed by atoms with E-state index in [0.29, 0.717) is 6.42 Å². The maximum Gasteiger partial charge on any atom is 0.0917 e. The molecule has 2 aromatic rings. The summed E-state index contributed by atoms with van der Waals surface area (Å²) in [7, 11) is 0. The van der Waals surface area contributed by atoms with Gasteiger partial charge in [-0.1, -0.05) is 18.2 Å². The molecular weight excluding hydrogens is 254 g/mol. The van der Waals surface area contributed by atoms with Crippen LogP contribution in [0.25, 0.3) is 0 Å². The molecule has 3 rings (SSSR count). The highest BCUT2D eigenvalue weighted by Gasteiger charge is 2.25. The van der Waals surface area contributed by atoms with E-state index in [1.54, 1.807) is 11.3 Å². The SMILES string of the molecule is CC(O)(Cc1cncs1)c1ccc2c(c1)CCCC2. The van der Waals surface area contributed by atoms with Crippen LogP contribution in [0.5, 0.6) is 0 Å². The van der Waals surface area contributed by atoms with Crippen molar-refractivity contribution in [2.75, 3.05) is 0 Å². The van der Waals surface area contributed by atoms with Crippen molar-refractivity contribution in [2.24, 2.45) is 0 Å². The topological polar surface area (TPSA) is 33.1 Å². The molecule has 19 heavy (non-hydrogen) atoms. The molecule has 0 saturated carbocycles. The normalized spacial score (nSPS) is 17.8. The molecule has 1 atom stereocenters. The second kappa shape index (κ2) is 5.06. The molecule has 1 heterocycles. The maximum absolute atomic E-state index is 10.7. The van der Waals surface area contributed by atoms with E-state index in [-0.39, 0.29) is 0 Å². The molecule has 1 N–H and O–H groups in total. The Balaban J connectivity index is 1.88. The fourth-order valence-corrected chi connectivity index (χ4v) is 3.58. The minimum absolute atomic E-state index is 0.635. The van der Waals surface area contributed by atoms with Crippen molar-refractivity contribution in [2.45, 2.75) is 44.6 Å². The van der Waals surface area contributed by atoms with Gasteiger partial charge in [0.2, 0.25) is 0 Å². The molecule has 1 aromatic carbocycles. The number of fused-ring (bicyclic) bond motifs is 1. The number of benzene rings is 1. The molecular formula is C16H19NOS. The van der Waals surface area contributed by atoms with E-state index in [4.69, 9.17) is 0 Å². The van der Waals surface area contributed by atoms with Crippen molar-refractivity contribution < 1.29 is 5.11 Å². The highest BCUT2D eigenvalue weighted by atomic mass is 32.1. The molecule has 1 aliphatic carbocycles. The molecule has 0 bridgehead atoms. The minimum atomic E-state index is -0.807. The molecule has 3 heteroatoms. The highest BCUT2D eigenvalue weighted by molar-refractivity contribution is 7.09. The fraction of sp³-hybridized carbons (Fsp3) is 0.438. The zero-order chi connectivity index (χ0) is 13.3. The number of thiazole rings is 1. The number of hydrogen-bond donors (Lipinski definition) is 1. The summed E-state index contributed by atoms with van der Waals surface area (Å²) in [6.07, 6.45) is 7.39. The van der Waals surface area contributed by atoms with Gasteiger partial charge in [0.25, 0.3) is 0 Å². The predicted molar refractivity (Wildman–Crippen MR) is 78.5 cm³/mol. The monoisotopic (exact) mass is 273 g/mol. The standard InChI is InChI=1S/C16H19NOS/c1-16(18,9-15-10-17-11-19-15)14-7-6-12-4-2-3-5-13(12)8-14/h6-8,10-11,18H,2-5,9H2,1H3. The molecule has 0 spiro atoms. The maximum atomic E-state index is 10.7. The third kappa shape index (κ3) is 2.72. The van der Waals surface area contributed by atoms with Gasteiger partial charge in [0, 0.05) is 17.5 Å². The van der Waals surface area contributed by atoms with Gasteiger partial charge in [0.1, 0.15) is 0 Å². The zero-order valence-electron chi connectivity index (χ0n) is 11.2. The molecule has 0 amide bonds. The molecule has 0 aliphatic heterocycles. The lowest BCUT2D eigenvalue weighted by molar-refractivity contribution is 0.0583. The van der Waals surface area contributed by atoms with E-state index in [9.17, 15) is 5.11 Å². The van der Waals surface area contributed by atoms with Gasteiger partial charge in [-0.2, -0.15) is 0 Å². The first-order chi connectivity index (χ1) is 9.15. The third-order valence-electron chi connectivity index (χ3n) is 3.97. The van der Waals surface area contributed by atoms with Crippen LogP contribution in [-0.2, 0) is 24.9 Å². The van der Waals surface area contributed by atoms with E-state index in [1.807, 2.05) is 18.6 Å². The Morgan fingerprint density at radius 3 is 2.79 bits per heavy atom. The first kappa shape index (κ1) is 12.8. The summed E-state index contributed by atoms with van der Waals surface area (Å²) < 4.78 is 0. The summed E-state index contributed by atoms with van der Waals surface area (Å²) in [5, 5.41) is 10.7. The van der Waals surface area contributed by atoms with Gasteiger partial charge in [-0.15, -0.1) is 11.3 Å². The zero-order valence-corrected chi connectivity index (χ0v) is 12.0. The van der Waals surface area contributed by atoms with Crippen LogP contribution in [-0.4, -0.2) is 10.1 Å². The smallest absolute Gasteiger partial charge is 0.0917 e. The Morgan fingerprint density at radius 1 is 1.26 bits per heavy atom. The van der Waals surface area contributed by atoms with Crippen LogP contribution in [0, 0.1) is 0 Å². The summed E-state index contributed by atoms with van der Waals surface area (Å²) in [5.74, 6) is 0. The number of rotatable bonds is 3. The van der Waals surface area contributed by atoms with E-state index >= 15 is 0 Å². The Hall–Kier alpha value is -1.19. The Kier molecular flexibility index (Phi) is 3.42. The van der Waals surface area contributed by atoms with Gasteiger partial charge < -0.3 is 5.11 Å². The predicted octanol–water partition coefficient (Wildman–Crippen LogP) is 3.47.